The standard InChI is InChI=1S/C22H26F3N5O4S/c1-5-34-18(32)13-8-14(17(26)31)30(10-13)20(33)29-19-28-11(2)16(35-19)12-6-7-27-15(9-12)21(3,4)22(23,24)25/h6-7,9,13-14H,5,8,10H2,1-4H3,(H2,26,31)(H,28,29,33)/t13-,14-/m0/s1. The normalized spacial score (nSPS) is 18.4. The highest BCUT2D eigenvalue weighted by Gasteiger charge is 2.49. The minimum Gasteiger partial charge on any atom is -0.466 e. The lowest BCUT2D eigenvalue weighted by Gasteiger charge is -2.27. The Morgan fingerprint density at radius 2 is 2.00 bits per heavy atom. The molecule has 0 unspecified atom stereocenters. The summed E-state index contributed by atoms with van der Waals surface area (Å²) >= 11 is 1.06. The number of hydrogen-bond acceptors (Lipinski definition) is 7. The summed E-state index contributed by atoms with van der Waals surface area (Å²) < 4.78 is 45.4. The van der Waals surface area contributed by atoms with Gasteiger partial charge in [-0.05, 0) is 51.8 Å². The maximum atomic E-state index is 13.5. The van der Waals surface area contributed by atoms with Crippen molar-refractivity contribution in [3.05, 3.63) is 29.7 Å². The quantitative estimate of drug-likeness (QED) is 0.568. The molecule has 13 heteroatoms. The minimum absolute atomic E-state index is 0.0459. The molecule has 3 heterocycles. The number of anilines is 1. The second-order valence-corrected chi connectivity index (χ2v) is 9.67. The Hall–Kier alpha value is -3.22. The third-order valence-corrected chi connectivity index (χ3v) is 7.01. The Labute approximate surface area is 203 Å². The van der Waals surface area contributed by atoms with Crippen molar-refractivity contribution in [3.63, 3.8) is 0 Å². The van der Waals surface area contributed by atoms with Crippen molar-refractivity contribution in [2.24, 2.45) is 11.7 Å². The van der Waals surface area contributed by atoms with E-state index in [1.54, 1.807) is 19.9 Å². The molecule has 0 radical (unpaired) electrons. The van der Waals surface area contributed by atoms with Crippen molar-refractivity contribution in [1.29, 1.82) is 0 Å². The maximum Gasteiger partial charge on any atom is 0.399 e. The fourth-order valence-corrected chi connectivity index (χ4v) is 4.65. The van der Waals surface area contributed by atoms with Gasteiger partial charge in [-0.1, -0.05) is 11.3 Å². The van der Waals surface area contributed by atoms with E-state index in [1.165, 1.54) is 12.3 Å². The lowest BCUT2D eigenvalue weighted by Crippen LogP contribution is -2.45. The number of nitrogens with zero attached hydrogens (tertiary/aromatic N) is 3. The number of pyridine rings is 1. The largest absolute Gasteiger partial charge is 0.466 e. The molecule has 3 rings (SSSR count). The predicted octanol–water partition coefficient (Wildman–Crippen LogP) is 3.62. The Bertz CT molecular complexity index is 1130. The first-order valence-electron chi connectivity index (χ1n) is 10.8. The Kier molecular flexibility index (Phi) is 7.39. The number of amides is 3. The minimum atomic E-state index is -4.49. The van der Waals surface area contributed by atoms with Gasteiger partial charge < -0.3 is 15.4 Å². The average molecular weight is 514 g/mol. The highest BCUT2D eigenvalue weighted by Crippen LogP contribution is 2.41. The molecule has 2 aromatic heterocycles. The summed E-state index contributed by atoms with van der Waals surface area (Å²) in [5.74, 6) is -1.95. The Morgan fingerprint density at radius 1 is 1.31 bits per heavy atom. The van der Waals surface area contributed by atoms with Gasteiger partial charge >= 0.3 is 18.2 Å². The number of halogens is 3. The third-order valence-electron chi connectivity index (χ3n) is 5.89. The summed E-state index contributed by atoms with van der Waals surface area (Å²) in [5.41, 5.74) is 4.09. The van der Waals surface area contributed by atoms with Crippen LogP contribution in [0.15, 0.2) is 18.3 Å². The van der Waals surface area contributed by atoms with Crippen LogP contribution >= 0.6 is 11.3 Å². The monoisotopic (exact) mass is 513 g/mol. The van der Waals surface area contributed by atoms with E-state index >= 15 is 0 Å². The van der Waals surface area contributed by atoms with Gasteiger partial charge in [0.25, 0.3) is 0 Å². The van der Waals surface area contributed by atoms with Crippen molar-refractivity contribution in [3.8, 4) is 10.4 Å². The molecule has 2 atom stereocenters. The fraction of sp³-hybridized carbons (Fsp3) is 0.500. The molecule has 1 fully saturated rings. The molecule has 1 aliphatic rings. The van der Waals surface area contributed by atoms with Gasteiger partial charge in [0.15, 0.2) is 5.13 Å². The number of aromatic nitrogens is 2. The van der Waals surface area contributed by atoms with Crippen molar-refractivity contribution >= 4 is 34.4 Å². The van der Waals surface area contributed by atoms with Crippen molar-refractivity contribution in [2.75, 3.05) is 18.5 Å². The first-order chi connectivity index (χ1) is 16.3. The van der Waals surface area contributed by atoms with Crippen molar-refractivity contribution in [1.82, 2.24) is 14.9 Å². The van der Waals surface area contributed by atoms with Gasteiger partial charge in [-0.25, -0.2) is 9.78 Å². The molecule has 1 aliphatic heterocycles. The summed E-state index contributed by atoms with van der Waals surface area (Å²) in [4.78, 5) is 46.8. The van der Waals surface area contributed by atoms with Crippen LogP contribution in [0.1, 0.15) is 38.6 Å². The van der Waals surface area contributed by atoms with Gasteiger partial charge in [-0.2, -0.15) is 13.2 Å². The van der Waals surface area contributed by atoms with Crippen LogP contribution in [0, 0.1) is 12.8 Å². The smallest absolute Gasteiger partial charge is 0.399 e. The molecule has 0 saturated carbocycles. The van der Waals surface area contributed by atoms with Crippen LogP contribution in [0.3, 0.4) is 0 Å². The molecule has 35 heavy (non-hydrogen) atoms. The Balaban J connectivity index is 1.82. The predicted molar refractivity (Wildman–Crippen MR) is 123 cm³/mol. The number of nitrogens with one attached hydrogen (secondary N) is 1. The zero-order valence-electron chi connectivity index (χ0n) is 19.6. The SMILES string of the molecule is CCOC(=O)[C@H]1C[C@@H](C(N)=O)N(C(=O)Nc2nc(C)c(-c3ccnc(C(C)(C)C(F)(F)F)c3)s2)C1. The molecular formula is C22H26F3N5O4S. The van der Waals surface area contributed by atoms with E-state index in [9.17, 15) is 27.6 Å². The molecular weight excluding hydrogens is 487 g/mol. The van der Waals surface area contributed by atoms with Crippen LogP contribution in [-0.2, 0) is 19.7 Å². The summed E-state index contributed by atoms with van der Waals surface area (Å²) in [5, 5.41) is 2.78. The topological polar surface area (TPSA) is 128 Å². The second-order valence-electron chi connectivity index (χ2n) is 8.67. The zero-order chi connectivity index (χ0) is 26.1. The van der Waals surface area contributed by atoms with Crippen molar-refractivity contribution < 1.29 is 32.3 Å². The molecule has 3 amide bonds. The fourth-order valence-electron chi connectivity index (χ4n) is 3.70. The lowest BCUT2D eigenvalue weighted by molar-refractivity contribution is -0.181. The first kappa shape index (κ1) is 26.4. The van der Waals surface area contributed by atoms with Crippen LogP contribution in [0.4, 0.5) is 23.1 Å². The number of alkyl halides is 3. The molecule has 190 valence electrons. The molecule has 0 spiro atoms. The molecule has 0 aromatic carbocycles. The van der Waals surface area contributed by atoms with Crippen LogP contribution in [0.5, 0.6) is 0 Å². The second kappa shape index (κ2) is 9.80. The van der Waals surface area contributed by atoms with Gasteiger partial charge in [0.2, 0.25) is 5.91 Å². The Morgan fingerprint density at radius 3 is 2.60 bits per heavy atom. The highest BCUT2D eigenvalue weighted by atomic mass is 32.1. The number of carbonyl (C=O) groups is 3. The number of rotatable bonds is 6. The number of aryl methyl sites for hydroxylation is 1. The van der Waals surface area contributed by atoms with E-state index in [-0.39, 0.29) is 30.4 Å². The van der Waals surface area contributed by atoms with E-state index < -0.39 is 41.5 Å². The van der Waals surface area contributed by atoms with Crippen LogP contribution in [0.25, 0.3) is 10.4 Å². The number of urea groups is 1. The number of esters is 1. The van der Waals surface area contributed by atoms with E-state index in [2.05, 4.69) is 15.3 Å². The number of nitrogens with two attached hydrogens (primary N) is 1. The lowest BCUT2D eigenvalue weighted by atomic mass is 9.87. The maximum absolute atomic E-state index is 13.5. The van der Waals surface area contributed by atoms with E-state index in [1.807, 2.05) is 0 Å². The zero-order valence-corrected chi connectivity index (χ0v) is 20.4. The van der Waals surface area contributed by atoms with Crippen LogP contribution in [-0.4, -0.2) is 58.1 Å². The molecule has 0 bridgehead atoms. The molecule has 2 aromatic rings. The molecule has 9 nitrogen and oxygen atoms in total. The van der Waals surface area contributed by atoms with E-state index in [0.717, 1.165) is 30.1 Å². The molecule has 0 aliphatic carbocycles. The number of primary amides is 1. The number of likely N-dealkylation sites (tertiary alicyclic amines) is 1. The summed E-state index contributed by atoms with van der Waals surface area (Å²) in [6, 6.07) is 1.26. The van der Waals surface area contributed by atoms with Crippen LogP contribution in [0.2, 0.25) is 0 Å². The van der Waals surface area contributed by atoms with E-state index in [0.29, 0.717) is 16.1 Å². The number of hydrogen-bond donors (Lipinski definition) is 2. The number of thiazole rings is 1. The first-order valence-corrected chi connectivity index (χ1v) is 11.6. The van der Waals surface area contributed by atoms with Gasteiger partial charge in [0.05, 0.1) is 28.8 Å². The van der Waals surface area contributed by atoms with Crippen LogP contribution < -0.4 is 11.1 Å². The van der Waals surface area contributed by atoms with Gasteiger partial charge in [-0.15, -0.1) is 0 Å². The molecule has 3 N–H and O–H groups in total. The summed E-state index contributed by atoms with van der Waals surface area (Å²) in [6.45, 7) is 5.55. The summed E-state index contributed by atoms with van der Waals surface area (Å²) in [6.07, 6.45) is -3.14. The van der Waals surface area contributed by atoms with Gasteiger partial charge in [-0.3, -0.25) is 19.9 Å². The van der Waals surface area contributed by atoms with E-state index in [4.69, 9.17) is 10.5 Å². The molecule has 1 saturated heterocycles. The van der Waals surface area contributed by atoms with Gasteiger partial charge in [0, 0.05) is 12.7 Å². The summed E-state index contributed by atoms with van der Waals surface area (Å²) in [7, 11) is 0. The number of carbonyl (C=O) groups excluding carboxylic acids is 3. The highest BCUT2D eigenvalue weighted by molar-refractivity contribution is 7.19. The van der Waals surface area contributed by atoms with Gasteiger partial charge in [0.1, 0.15) is 11.5 Å². The third kappa shape index (κ3) is 5.39. The van der Waals surface area contributed by atoms with Crippen molar-refractivity contribution in [2.45, 2.75) is 51.7 Å². The average Bonchev–Trinajstić information content (AvgIpc) is 3.37. The number of ether oxygens (including phenoxy) is 1.